The molecule has 2 N–H and O–H groups in total. The number of carbonyl (C=O) groups excluding carboxylic acids is 2. The first-order chi connectivity index (χ1) is 9.92. The van der Waals surface area contributed by atoms with Gasteiger partial charge in [0.25, 0.3) is 5.91 Å². The molecule has 0 bridgehead atoms. The van der Waals surface area contributed by atoms with Gasteiger partial charge in [-0.05, 0) is 12.1 Å². The molecule has 0 aromatic heterocycles. The fraction of sp³-hybridized carbons (Fsp3) is 0.429. The van der Waals surface area contributed by atoms with Gasteiger partial charge in [-0.15, -0.1) is 0 Å². The smallest absolute Gasteiger partial charge is 0.256 e. The van der Waals surface area contributed by atoms with Crippen LogP contribution in [-0.4, -0.2) is 48.1 Å². The highest BCUT2D eigenvalue weighted by Crippen LogP contribution is 2.23. The fourth-order valence-corrected chi connectivity index (χ4v) is 2.39. The minimum atomic E-state index is -0.941. The minimum absolute atomic E-state index is 0.0251. The van der Waals surface area contributed by atoms with E-state index in [0.29, 0.717) is 6.07 Å². The van der Waals surface area contributed by atoms with Gasteiger partial charge in [-0.2, -0.15) is 0 Å². The summed E-state index contributed by atoms with van der Waals surface area (Å²) >= 11 is 0. The third-order valence-electron chi connectivity index (χ3n) is 3.58. The maximum absolute atomic E-state index is 13.6. The summed E-state index contributed by atoms with van der Waals surface area (Å²) in [5.41, 5.74) is -0.246. The van der Waals surface area contributed by atoms with E-state index in [0.717, 1.165) is 12.1 Å². The minimum Gasteiger partial charge on any atom is -0.391 e. The molecule has 7 heteroatoms. The summed E-state index contributed by atoms with van der Waals surface area (Å²) < 4.78 is 26.4. The lowest BCUT2D eigenvalue weighted by Crippen LogP contribution is -2.30. The largest absolute Gasteiger partial charge is 0.391 e. The van der Waals surface area contributed by atoms with Gasteiger partial charge < -0.3 is 15.3 Å². The Morgan fingerprint density at radius 1 is 1.38 bits per heavy atom. The van der Waals surface area contributed by atoms with Gasteiger partial charge in [0.15, 0.2) is 0 Å². The number of aliphatic hydroxyl groups excluding tert-OH is 1. The molecule has 0 unspecified atom stereocenters. The Morgan fingerprint density at radius 3 is 2.71 bits per heavy atom. The van der Waals surface area contributed by atoms with Crippen LogP contribution in [0.1, 0.15) is 16.8 Å². The van der Waals surface area contributed by atoms with Crippen molar-refractivity contribution in [3.05, 3.63) is 35.4 Å². The topological polar surface area (TPSA) is 69.6 Å². The Hall–Kier alpha value is -2.02. The van der Waals surface area contributed by atoms with Crippen LogP contribution in [0.25, 0.3) is 0 Å². The summed E-state index contributed by atoms with van der Waals surface area (Å²) in [6.07, 6.45) is -0.748. The van der Waals surface area contributed by atoms with Crippen molar-refractivity contribution < 1.29 is 23.5 Å². The molecule has 0 saturated carbocycles. The number of aliphatic hydroxyl groups is 1. The van der Waals surface area contributed by atoms with Crippen LogP contribution in [0.15, 0.2) is 18.2 Å². The van der Waals surface area contributed by atoms with Gasteiger partial charge in [-0.1, -0.05) is 0 Å². The number of hydrogen-bond donors (Lipinski definition) is 2. The maximum atomic E-state index is 13.6. The summed E-state index contributed by atoms with van der Waals surface area (Å²) in [7, 11) is 1.49. The van der Waals surface area contributed by atoms with Crippen molar-refractivity contribution >= 4 is 11.8 Å². The lowest BCUT2D eigenvalue weighted by molar-refractivity contribution is -0.122. The molecule has 1 aliphatic heterocycles. The van der Waals surface area contributed by atoms with Crippen LogP contribution in [0.5, 0.6) is 0 Å². The normalized spacial score (nSPS) is 21.4. The van der Waals surface area contributed by atoms with E-state index in [1.165, 1.54) is 11.9 Å². The second-order valence-electron chi connectivity index (χ2n) is 5.04. The van der Waals surface area contributed by atoms with Crippen LogP contribution in [-0.2, 0) is 4.79 Å². The van der Waals surface area contributed by atoms with E-state index < -0.39 is 29.6 Å². The van der Waals surface area contributed by atoms with Crippen LogP contribution >= 0.6 is 0 Å². The van der Waals surface area contributed by atoms with E-state index in [4.69, 9.17) is 0 Å². The summed E-state index contributed by atoms with van der Waals surface area (Å²) in [5, 5.41) is 12.3. The molecule has 0 radical (unpaired) electrons. The molecular formula is C14H16F2N2O3. The van der Waals surface area contributed by atoms with E-state index in [1.54, 1.807) is 0 Å². The number of nitrogens with zero attached hydrogens (tertiary/aromatic N) is 1. The van der Waals surface area contributed by atoms with Crippen molar-refractivity contribution in [3.63, 3.8) is 0 Å². The van der Waals surface area contributed by atoms with Crippen molar-refractivity contribution in [1.82, 2.24) is 10.2 Å². The van der Waals surface area contributed by atoms with Gasteiger partial charge in [-0.3, -0.25) is 9.59 Å². The number of nitrogens with one attached hydrogen (secondary N) is 1. The monoisotopic (exact) mass is 298 g/mol. The van der Waals surface area contributed by atoms with Gasteiger partial charge in [0.05, 0.1) is 11.7 Å². The van der Waals surface area contributed by atoms with Crippen LogP contribution in [0.4, 0.5) is 8.78 Å². The second-order valence-corrected chi connectivity index (χ2v) is 5.04. The van der Waals surface area contributed by atoms with E-state index >= 15 is 0 Å². The molecule has 1 aromatic carbocycles. The first kappa shape index (κ1) is 15.4. The highest BCUT2D eigenvalue weighted by molar-refractivity contribution is 5.94. The molecule has 114 valence electrons. The molecule has 0 spiro atoms. The first-order valence-corrected chi connectivity index (χ1v) is 6.55. The molecule has 1 heterocycles. The Balaban J connectivity index is 2.09. The van der Waals surface area contributed by atoms with E-state index in [2.05, 4.69) is 5.32 Å². The van der Waals surface area contributed by atoms with Gasteiger partial charge in [0.1, 0.15) is 11.6 Å². The summed E-state index contributed by atoms with van der Waals surface area (Å²) in [5.74, 6) is -2.95. The third-order valence-corrected chi connectivity index (χ3v) is 3.58. The SMILES string of the molecule is CNC(=O)C[C@@H]1CN(C(=O)c2ccc(F)cc2F)C[C@@H]1O. The summed E-state index contributed by atoms with van der Waals surface area (Å²) in [4.78, 5) is 24.8. The van der Waals surface area contributed by atoms with Crippen molar-refractivity contribution in [2.75, 3.05) is 20.1 Å². The zero-order valence-electron chi connectivity index (χ0n) is 11.5. The molecule has 1 fully saturated rings. The number of hydrogen-bond acceptors (Lipinski definition) is 3. The average molecular weight is 298 g/mol. The first-order valence-electron chi connectivity index (χ1n) is 6.55. The van der Waals surface area contributed by atoms with Crippen LogP contribution in [0, 0.1) is 17.6 Å². The summed E-state index contributed by atoms with van der Waals surface area (Å²) in [6, 6.07) is 2.72. The Kier molecular flexibility index (Phi) is 4.52. The number of amides is 2. The summed E-state index contributed by atoms with van der Waals surface area (Å²) in [6.45, 7) is 0.182. The molecule has 2 rings (SSSR count). The highest BCUT2D eigenvalue weighted by Gasteiger charge is 2.36. The van der Waals surface area contributed by atoms with Crippen molar-refractivity contribution in [2.24, 2.45) is 5.92 Å². The molecule has 2 atom stereocenters. The van der Waals surface area contributed by atoms with E-state index in [-0.39, 0.29) is 31.0 Å². The molecule has 2 amide bonds. The Morgan fingerprint density at radius 2 is 2.10 bits per heavy atom. The van der Waals surface area contributed by atoms with Crippen molar-refractivity contribution in [2.45, 2.75) is 12.5 Å². The molecule has 1 aromatic rings. The number of benzene rings is 1. The average Bonchev–Trinajstić information content (AvgIpc) is 2.79. The van der Waals surface area contributed by atoms with Crippen LogP contribution < -0.4 is 5.32 Å². The van der Waals surface area contributed by atoms with Crippen LogP contribution in [0.3, 0.4) is 0 Å². The van der Waals surface area contributed by atoms with E-state index in [9.17, 15) is 23.5 Å². The van der Waals surface area contributed by atoms with Gasteiger partial charge in [0.2, 0.25) is 5.91 Å². The lowest BCUT2D eigenvalue weighted by atomic mass is 10.0. The third kappa shape index (κ3) is 3.36. The zero-order valence-corrected chi connectivity index (χ0v) is 11.5. The van der Waals surface area contributed by atoms with Gasteiger partial charge >= 0.3 is 0 Å². The standard InChI is InChI=1S/C14H16F2N2O3/c1-17-13(20)4-8-6-18(7-12(8)19)14(21)10-3-2-9(15)5-11(10)16/h2-3,5,8,12,19H,4,6-7H2,1H3,(H,17,20)/t8-,12+/m1/s1. The van der Waals surface area contributed by atoms with Gasteiger partial charge in [0, 0.05) is 38.5 Å². The number of carbonyl (C=O) groups is 2. The zero-order chi connectivity index (χ0) is 15.6. The van der Waals surface area contributed by atoms with Gasteiger partial charge in [-0.25, -0.2) is 8.78 Å². The molecule has 0 aliphatic carbocycles. The van der Waals surface area contributed by atoms with Crippen LogP contribution in [0.2, 0.25) is 0 Å². The van der Waals surface area contributed by atoms with Crippen molar-refractivity contribution in [1.29, 1.82) is 0 Å². The lowest BCUT2D eigenvalue weighted by Gasteiger charge is -2.16. The maximum Gasteiger partial charge on any atom is 0.256 e. The predicted molar refractivity (Wildman–Crippen MR) is 70.4 cm³/mol. The quantitative estimate of drug-likeness (QED) is 0.855. The molecular weight excluding hydrogens is 282 g/mol. The molecule has 5 nitrogen and oxygen atoms in total. The molecule has 1 aliphatic rings. The number of rotatable bonds is 3. The highest BCUT2D eigenvalue weighted by atomic mass is 19.1. The fourth-order valence-electron chi connectivity index (χ4n) is 2.39. The van der Waals surface area contributed by atoms with Crippen molar-refractivity contribution in [3.8, 4) is 0 Å². The number of halogens is 2. The number of likely N-dealkylation sites (tertiary alicyclic amines) is 1. The van der Waals surface area contributed by atoms with E-state index in [1.807, 2.05) is 0 Å². The molecule has 21 heavy (non-hydrogen) atoms. The number of β-amino-alcohol motifs (C(OH)–C–C–N with tert-alkyl or cyclic N) is 1. The molecule has 1 saturated heterocycles. The predicted octanol–water partition coefficient (Wildman–Crippen LogP) is 0.534. The Bertz CT molecular complexity index is 565. The second kappa shape index (κ2) is 6.17. The Labute approximate surface area is 120 Å².